The molecule has 1 aromatic rings. The molecule has 0 fully saturated rings. The number of esters is 2. The molecule has 2 N–H and O–H groups in total. The van der Waals surface area contributed by atoms with Gasteiger partial charge in [0.2, 0.25) is 0 Å². The molecule has 0 heterocycles. The molecule has 31 heavy (non-hydrogen) atoms. The van der Waals surface area contributed by atoms with Crippen LogP contribution in [0.1, 0.15) is 91.3 Å². The topological polar surface area (TPSA) is 127 Å². The molecular weight excluding hydrogens is 404 g/mol. The summed E-state index contributed by atoms with van der Waals surface area (Å²) in [6, 6.07) is 5.72. The lowest BCUT2D eigenvalue weighted by atomic mass is 10.1. The van der Waals surface area contributed by atoms with Crippen LogP contribution in [0.25, 0.3) is 0 Å². The molecule has 0 saturated carbocycles. The van der Waals surface area contributed by atoms with Gasteiger partial charge in [0.15, 0.2) is 0 Å². The number of carboxylic acid groups (broad SMARTS) is 2. The Morgan fingerprint density at radius 3 is 1.87 bits per heavy atom. The second-order valence-corrected chi connectivity index (χ2v) is 7.32. The third kappa shape index (κ3) is 13.1. The number of unbranched alkanes of at least 4 members (excludes halogenated alkanes) is 7. The van der Waals surface area contributed by atoms with E-state index in [2.05, 4.69) is 0 Å². The summed E-state index contributed by atoms with van der Waals surface area (Å²) < 4.78 is 10.3. The molecule has 0 amide bonds. The van der Waals surface area contributed by atoms with Crippen molar-refractivity contribution in [2.24, 2.45) is 0 Å². The average Bonchev–Trinajstić information content (AvgIpc) is 2.74. The van der Waals surface area contributed by atoms with E-state index in [0.29, 0.717) is 25.9 Å². The van der Waals surface area contributed by atoms with Crippen molar-refractivity contribution in [3.05, 3.63) is 35.4 Å². The quantitative estimate of drug-likeness (QED) is 0.271. The number of rotatable bonds is 17. The second-order valence-electron chi connectivity index (χ2n) is 7.32. The molecule has 172 valence electrons. The van der Waals surface area contributed by atoms with Gasteiger partial charge in [-0.1, -0.05) is 25.3 Å². The minimum Gasteiger partial charge on any atom is -0.481 e. The first-order valence-electron chi connectivity index (χ1n) is 10.8. The lowest BCUT2D eigenvalue weighted by Crippen LogP contribution is -2.08. The number of carbonyl (C=O) groups is 4. The van der Waals surface area contributed by atoms with Crippen molar-refractivity contribution in [3.63, 3.8) is 0 Å². The first-order chi connectivity index (χ1) is 14.9. The van der Waals surface area contributed by atoms with E-state index < -0.39 is 17.9 Å². The van der Waals surface area contributed by atoms with Crippen LogP contribution in [0.5, 0.6) is 0 Å². The van der Waals surface area contributed by atoms with Gasteiger partial charge < -0.3 is 19.7 Å². The number of aromatic carboxylic acids is 1. The molecule has 0 bridgehead atoms. The lowest BCUT2D eigenvalue weighted by molar-refractivity contribution is -0.144. The van der Waals surface area contributed by atoms with Gasteiger partial charge in [-0.15, -0.1) is 0 Å². The number of carbonyl (C=O) groups excluding carboxylic acids is 2. The molecule has 0 aliphatic carbocycles. The molecule has 0 aliphatic rings. The van der Waals surface area contributed by atoms with Crippen LogP contribution in [0, 0.1) is 0 Å². The number of carboxylic acids is 2. The van der Waals surface area contributed by atoms with Crippen LogP contribution in [-0.4, -0.2) is 47.3 Å². The van der Waals surface area contributed by atoms with Gasteiger partial charge in [-0.3, -0.25) is 9.59 Å². The Morgan fingerprint density at radius 2 is 1.23 bits per heavy atom. The van der Waals surface area contributed by atoms with Gasteiger partial charge in [0.05, 0.1) is 24.3 Å². The predicted octanol–water partition coefficient (Wildman–Crippen LogP) is 4.46. The van der Waals surface area contributed by atoms with E-state index in [9.17, 15) is 19.2 Å². The van der Waals surface area contributed by atoms with Crippen LogP contribution in [0.3, 0.4) is 0 Å². The normalized spacial score (nSPS) is 10.5. The van der Waals surface area contributed by atoms with Crippen molar-refractivity contribution in [2.45, 2.75) is 70.6 Å². The average molecular weight is 437 g/mol. The molecule has 0 aliphatic heterocycles. The maximum Gasteiger partial charge on any atom is 0.338 e. The summed E-state index contributed by atoms with van der Waals surface area (Å²) >= 11 is 0. The van der Waals surface area contributed by atoms with Gasteiger partial charge in [0, 0.05) is 12.8 Å². The van der Waals surface area contributed by atoms with Gasteiger partial charge in [-0.25, -0.2) is 9.59 Å². The number of benzene rings is 1. The Balaban J connectivity index is 1.96. The minimum absolute atomic E-state index is 0.0414. The standard InChI is InChI=1S/C23H32O8/c24-20(25)13-6-2-1-3-7-14-21(26)30-15-8-4-5-9-16-31-23(29)19-12-10-11-18(17-19)22(27)28/h10-12,17H,1-9,13-16H2,(H,24,25)(H,27,28). The van der Waals surface area contributed by atoms with E-state index in [4.69, 9.17) is 19.7 Å². The predicted molar refractivity (Wildman–Crippen MR) is 113 cm³/mol. The molecular formula is C23H32O8. The number of ether oxygens (including phenoxy) is 2. The van der Waals surface area contributed by atoms with Crippen molar-refractivity contribution in [1.82, 2.24) is 0 Å². The fraction of sp³-hybridized carbons (Fsp3) is 0.565. The molecule has 8 nitrogen and oxygen atoms in total. The monoisotopic (exact) mass is 436 g/mol. The lowest BCUT2D eigenvalue weighted by Gasteiger charge is -2.06. The number of hydrogen-bond donors (Lipinski definition) is 2. The van der Waals surface area contributed by atoms with E-state index in [1.807, 2.05) is 0 Å². The zero-order valence-electron chi connectivity index (χ0n) is 17.8. The highest BCUT2D eigenvalue weighted by Crippen LogP contribution is 2.10. The van der Waals surface area contributed by atoms with Crippen molar-refractivity contribution in [2.75, 3.05) is 13.2 Å². The Labute approximate surface area is 182 Å². The fourth-order valence-electron chi connectivity index (χ4n) is 2.92. The first kappa shape index (κ1) is 26.1. The largest absolute Gasteiger partial charge is 0.481 e. The number of aliphatic carboxylic acids is 1. The fourth-order valence-corrected chi connectivity index (χ4v) is 2.92. The Bertz CT molecular complexity index is 713. The third-order valence-electron chi connectivity index (χ3n) is 4.65. The molecule has 0 atom stereocenters. The Morgan fingerprint density at radius 1 is 0.677 bits per heavy atom. The molecule has 0 saturated heterocycles. The van der Waals surface area contributed by atoms with Crippen molar-refractivity contribution in [3.8, 4) is 0 Å². The van der Waals surface area contributed by atoms with Crippen LogP contribution in [0.15, 0.2) is 24.3 Å². The van der Waals surface area contributed by atoms with Gasteiger partial charge in [-0.05, 0) is 56.7 Å². The zero-order valence-corrected chi connectivity index (χ0v) is 17.8. The van der Waals surface area contributed by atoms with Gasteiger partial charge in [0.1, 0.15) is 0 Å². The van der Waals surface area contributed by atoms with Crippen LogP contribution in [-0.2, 0) is 19.1 Å². The highest BCUT2D eigenvalue weighted by atomic mass is 16.5. The first-order valence-corrected chi connectivity index (χ1v) is 10.8. The molecule has 1 aromatic carbocycles. The molecule has 0 unspecified atom stereocenters. The smallest absolute Gasteiger partial charge is 0.338 e. The van der Waals surface area contributed by atoms with Gasteiger partial charge in [0.25, 0.3) is 0 Å². The van der Waals surface area contributed by atoms with Crippen molar-refractivity contribution in [1.29, 1.82) is 0 Å². The maximum absolute atomic E-state index is 11.9. The summed E-state index contributed by atoms with van der Waals surface area (Å²) in [5, 5.41) is 17.5. The van der Waals surface area contributed by atoms with E-state index in [1.165, 1.54) is 24.3 Å². The summed E-state index contributed by atoms with van der Waals surface area (Å²) in [5.74, 6) is -2.61. The van der Waals surface area contributed by atoms with Crippen LogP contribution in [0.2, 0.25) is 0 Å². The summed E-state index contributed by atoms with van der Waals surface area (Å²) in [6.07, 6.45) is 7.82. The van der Waals surface area contributed by atoms with E-state index >= 15 is 0 Å². The summed E-state index contributed by atoms with van der Waals surface area (Å²) in [4.78, 5) is 44.9. The summed E-state index contributed by atoms with van der Waals surface area (Å²) in [7, 11) is 0. The van der Waals surface area contributed by atoms with E-state index in [1.54, 1.807) is 0 Å². The molecule has 0 spiro atoms. The number of hydrogen-bond acceptors (Lipinski definition) is 6. The van der Waals surface area contributed by atoms with E-state index in [0.717, 1.165) is 44.9 Å². The molecule has 0 aromatic heterocycles. The van der Waals surface area contributed by atoms with Gasteiger partial charge in [-0.2, -0.15) is 0 Å². The highest BCUT2D eigenvalue weighted by Gasteiger charge is 2.10. The highest BCUT2D eigenvalue weighted by molar-refractivity contribution is 5.94. The van der Waals surface area contributed by atoms with Crippen molar-refractivity contribution < 1.29 is 38.9 Å². The molecule has 1 rings (SSSR count). The zero-order chi connectivity index (χ0) is 22.9. The Hall–Kier alpha value is -2.90. The molecule has 0 radical (unpaired) electrons. The third-order valence-corrected chi connectivity index (χ3v) is 4.65. The van der Waals surface area contributed by atoms with Crippen LogP contribution in [0.4, 0.5) is 0 Å². The SMILES string of the molecule is O=C(O)CCCCCCCC(=O)OCCCCCCOC(=O)c1cccc(C(=O)O)c1. The molecule has 8 heteroatoms. The maximum atomic E-state index is 11.9. The van der Waals surface area contributed by atoms with Gasteiger partial charge >= 0.3 is 23.9 Å². The second kappa shape index (κ2) is 15.9. The summed E-state index contributed by atoms with van der Waals surface area (Å²) in [5.41, 5.74) is 0.256. The van der Waals surface area contributed by atoms with Crippen LogP contribution < -0.4 is 0 Å². The summed E-state index contributed by atoms with van der Waals surface area (Å²) in [6.45, 7) is 0.627. The minimum atomic E-state index is -1.09. The Kier molecular flexibility index (Phi) is 13.4. The van der Waals surface area contributed by atoms with Crippen molar-refractivity contribution >= 4 is 23.9 Å². The van der Waals surface area contributed by atoms with Crippen LogP contribution >= 0.6 is 0 Å². The van der Waals surface area contributed by atoms with E-state index in [-0.39, 0.29) is 30.1 Å².